The summed E-state index contributed by atoms with van der Waals surface area (Å²) in [6.07, 6.45) is 1.28. The number of phosphoric ester groups is 1. The van der Waals surface area contributed by atoms with Crippen LogP contribution >= 0.6 is 19.2 Å². The zero-order valence-electron chi connectivity index (χ0n) is 23.0. The Morgan fingerprint density at radius 3 is 2.70 bits per heavy atom. The molecule has 0 amide bonds. The molecular formula is C29H37N3O6PS+. The van der Waals surface area contributed by atoms with Crippen molar-refractivity contribution in [3.05, 3.63) is 70.3 Å². The van der Waals surface area contributed by atoms with Crippen molar-refractivity contribution in [2.45, 2.75) is 32.8 Å². The summed E-state index contributed by atoms with van der Waals surface area (Å²) in [5.41, 5.74) is 1.84. The van der Waals surface area contributed by atoms with Crippen LogP contribution in [-0.2, 0) is 13.6 Å². The minimum atomic E-state index is -4.14. The van der Waals surface area contributed by atoms with E-state index < -0.39 is 13.9 Å². The summed E-state index contributed by atoms with van der Waals surface area (Å²) >= 11 is 1.75. The Kier molecular flexibility index (Phi) is 8.95. The van der Waals surface area contributed by atoms with Crippen molar-refractivity contribution in [2.75, 3.05) is 51.0 Å². The molecule has 3 heterocycles. The summed E-state index contributed by atoms with van der Waals surface area (Å²) in [6, 6.07) is 17.6. The third kappa shape index (κ3) is 7.13. The van der Waals surface area contributed by atoms with Crippen molar-refractivity contribution in [3.8, 4) is 5.75 Å². The number of aromatic amines is 1. The van der Waals surface area contributed by atoms with E-state index in [9.17, 15) is 14.3 Å². The summed E-state index contributed by atoms with van der Waals surface area (Å²) in [7, 11) is -4.14. The minimum Gasteiger partial charge on any atom is -0.494 e. The number of ether oxygens (including phenoxy) is 1. The average Bonchev–Trinajstić information content (AvgIpc) is 3.41. The Labute approximate surface area is 238 Å². The summed E-state index contributed by atoms with van der Waals surface area (Å²) in [4.78, 5) is 27.1. The Bertz CT molecular complexity index is 1550. The third-order valence-electron chi connectivity index (χ3n) is 7.33. The van der Waals surface area contributed by atoms with E-state index in [0.29, 0.717) is 16.8 Å². The van der Waals surface area contributed by atoms with Crippen molar-refractivity contribution < 1.29 is 27.7 Å². The number of pyridine rings is 1. The molecule has 1 aliphatic heterocycles. The first-order chi connectivity index (χ1) is 19.2. The van der Waals surface area contributed by atoms with Gasteiger partial charge in [0.2, 0.25) is 5.56 Å². The van der Waals surface area contributed by atoms with Crippen LogP contribution in [0.2, 0.25) is 0 Å². The van der Waals surface area contributed by atoms with E-state index in [0.717, 1.165) is 56.5 Å². The largest absolute Gasteiger partial charge is 0.494 e. The summed E-state index contributed by atoms with van der Waals surface area (Å²) in [5, 5.41) is 4.35. The monoisotopic (exact) mass is 586 g/mol. The van der Waals surface area contributed by atoms with Crippen LogP contribution in [0.3, 0.4) is 0 Å². The summed E-state index contributed by atoms with van der Waals surface area (Å²) < 4.78 is 31.0. The molecule has 1 unspecified atom stereocenters. The van der Waals surface area contributed by atoms with Gasteiger partial charge >= 0.3 is 7.82 Å². The highest BCUT2D eigenvalue weighted by Gasteiger charge is 2.36. The molecule has 0 saturated carbocycles. The van der Waals surface area contributed by atoms with E-state index in [1.165, 1.54) is 21.8 Å². The number of phosphoric acid groups is 1. The fraction of sp³-hybridized carbons (Fsp3) is 0.414. The molecule has 0 bridgehead atoms. The van der Waals surface area contributed by atoms with E-state index in [1.807, 2.05) is 18.2 Å². The maximum absolute atomic E-state index is 12.5. The van der Waals surface area contributed by atoms with Crippen molar-refractivity contribution in [1.29, 1.82) is 0 Å². The molecule has 1 saturated heterocycles. The number of quaternary nitrogens is 1. The van der Waals surface area contributed by atoms with E-state index in [4.69, 9.17) is 13.8 Å². The molecule has 5 rings (SSSR count). The Morgan fingerprint density at radius 2 is 1.90 bits per heavy atom. The number of rotatable bonds is 12. The fourth-order valence-corrected chi connectivity index (χ4v) is 7.04. The normalized spacial score (nSPS) is 16.9. The number of fused-ring (bicyclic) bond motifs is 2. The number of thiophene rings is 1. The summed E-state index contributed by atoms with van der Waals surface area (Å²) in [5.74, 6) is 0.713. The van der Waals surface area contributed by atoms with Gasteiger partial charge in [-0.05, 0) is 73.9 Å². The van der Waals surface area contributed by atoms with Gasteiger partial charge in [-0.1, -0.05) is 6.07 Å². The van der Waals surface area contributed by atoms with E-state index in [-0.39, 0.29) is 12.3 Å². The lowest BCUT2D eigenvalue weighted by molar-refractivity contribution is -0.943. The lowest BCUT2D eigenvalue weighted by Gasteiger charge is -2.45. The second-order valence-electron chi connectivity index (χ2n) is 10.6. The smallest absolute Gasteiger partial charge is 0.476 e. The van der Waals surface area contributed by atoms with Crippen LogP contribution in [0.15, 0.2) is 64.8 Å². The number of unbranched alkanes of at least 4 members (excludes halogenated alkanes) is 1. The van der Waals surface area contributed by atoms with Crippen molar-refractivity contribution in [2.24, 2.45) is 0 Å². The highest BCUT2D eigenvalue weighted by Crippen LogP contribution is 2.45. The highest BCUT2D eigenvalue weighted by molar-refractivity contribution is 7.47. The molecule has 9 nitrogen and oxygen atoms in total. The lowest BCUT2D eigenvalue weighted by Crippen LogP contribution is -2.60. The van der Waals surface area contributed by atoms with Gasteiger partial charge in [-0.25, -0.2) is 9.09 Å². The van der Waals surface area contributed by atoms with E-state index in [1.54, 1.807) is 31.3 Å². The third-order valence-corrected chi connectivity index (χ3v) is 9.35. The van der Waals surface area contributed by atoms with Gasteiger partial charge in [-0.2, -0.15) is 0 Å². The van der Waals surface area contributed by atoms with Crippen molar-refractivity contribution in [1.82, 2.24) is 4.98 Å². The number of aromatic nitrogens is 1. The van der Waals surface area contributed by atoms with Crippen LogP contribution in [0.1, 0.15) is 26.7 Å². The average molecular weight is 587 g/mol. The van der Waals surface area contributed by atoms with Gasteiger partial charge in [0, 0.05) is 27.9 Å². The topological polar surface area (TPSA) is 101 Å². The molecule has 214 valence electrons. The quantitative estimate of drug-likeness (QED) is 0.124. The molecule has 1 fully saturated rings. The SMILES string of the molecule is CC(C)OP(=O)(O)OC[N+]1(CCCCOc2ccc3ccc(=O)[nH]c3c2)CCN(c2cccc3sccc23)CC1. The minimum absolute atomic E-state index is 0.121. The van der Waals surface area contributed by atoms with Crippen LogP contribution in [0.5, 0.6) is 5.75 Å². The first-order valence-corrected chi connectivity index (χ1v) is 16.1. The fourth-order valence-electron chi connectivity index (χ4n) is 5.25. The predicted molar refractivity (Wildman–Crippen MR) is 160 cm³/mol. The zero-order valence-corrected chi connectivity index (χ0v) is 24.7. The van der Waals surface area contributed by atoms with Gasteiger partial charge in [0.25, 0.3) is 0 Å². The van der Waals surface area contributed by atoms with Gasteiger partial charge in [0.05, 0.1) is 51.0 Å². The second-order valence-corrected chi connectivity index (χ2v) is 13.0. The summed E-state index contributed by atoms with van der Waals surface area (Å²) in [6.45, 7) is 8.12. The van der Waals surface area contributed by atoms with Gasteiger partial charge < -0.3 is 19.5 Å². The number of piperazine rings is 1. The van der Waals surface area contributed by atoms with Crippen LogP contribution in [0.4, 0.5) is 5.69 Å². The Morgan fingerprint density at radius 1 is 1.10 bits per heavy atom. The number of hydrogen-bond donors (Lipinski definition) is 2. The van der Waals surface area contributed by atoms with Gasteiger partial charge in [-0.15, -0.1) is 11.3 Å². The van der Waals surface area contributed by atoms with Crippen molar-refractivity contribution >= 4 is 45.8 Å². The standard InChI is InChI=1S/C29H36N3O6PS/c1-22(2)38-39(34,35)37-21-32(16-13-31(14-17-32)27-6-5-7-28-25(27)12-19-40-28)15-3-4-18-36-24-10-8-23-9-11-29(33)30-26(23)20-24/h5-12,19-20,22H,3-4,13-18,21H2,1-2H3,(H-,30,33,34,35)/p+1. The molecule has 11 heteroatoms. The molecule has 1 atom stereocenters. The van der Waals surface area contributed by atoms with Crippen LogP contribution < -0.4 is 15.2 Å². The Balaban J connectivity index is 1.20. The van der Waals surface area contributed by atoms with Crippen LogP contribution in [-0.4, -0.2) is 66.5 Å². The second kappa shape index (κ2) is 12.4. The molecule has 0 aliphatic carbocycles. The number of H-pyrrole nitrogens is 1. The highest BCUT2D eigenvalue weighted by atomic mass is 32.1. The van der Waals surface area contributed by atoms with Gasteiger partial charge in [0.15, 0.2) is 6.73 Å². The number of nitrogens with one attached hydrogen (secondary N) is 1. The molecule has 0 radical (unpaired) electrons. The van der Waals surface area contributed by atoms with Crippen molar-refractivity contribution in [3.63, 3.8) is 0 Å². The molecule has 2 aromatic carbocycles. The number of nitrogens with zero attached hydrogens (tertiary/aromatic N) is 2. The Hall–Kier alpha value is -2.72. The number of benzene rings is 2. The first-order valence-electron chi connectivity index (χ1n) is 13.7. The zero-order chi connectivity index (χ0) is 28.2. The van der Waals surface area contributed by atoms with Crippen LogP contribution in [0, 0.1) is 0 Å². The maximum Gasteiger partial charge on any atom is 0.476 e. The van der Waals surface area contributed by atoms with Crippen LogP contribution in [0.25, 0.3) is 21.0 Å². The molecule has 0 spiro atoms. The van der Waals surface area contributed by atoms with E-state index >= 15 is 0 Å². The molecule has 2 N–H and O–H groups in total. The molecule has 40 heavy (non-hydrogen) atoms. The van der Waals surface area contributed by atoms with Gasteiger partial charge in [0.1, 0.15) is 5.75 Å². The first kappa shape index (κ1) is 28.8. The van der Waals surface area contributed by atoms with Gasteiger partial charge in [-0.3, -0.25) is 13.8 Å². The molecule has 1 aliphatic rings. The molecule has 4 aromatic rings. The maximum atomic E-state index is 12.5. The molecule has 2 aromatic heterocycles. The predicted octanol–water partition coefficient (Wildman–Crippen LogP) is 5.74. The lowest BCUT2D eigenvalue weighted by atomic mass is 10.1. The number of hydrogen-bond acceptors (Lipinski definition) is 7. The van der Waals surface area contributed by atoms with E-state index in [2.05, 4.69) is 39.5 Å². The number of anilines is 1. The molecular weight excluding hydrogens is 549 g/mol.